The van der Waals surface area contributed by atoms with E-state index < -0.39 is 10.0 Å². The third-order valence-electron chi connectivity index (χ3n) is 5.28. The van der Waals surface area contributed by atoms with Crippen LogP contribution in [-0.2, 0) is 14.8 Å². The van der Waals surface area contributed by atoms with Gasteiger partial charge in [-0.15, -0.1) is 0 Å². The van der Waals surface area contributed by atoms with Crippen LogP contribution in [0.1, 0.15) is 49.8 Å². The molecule has 172 valence electrons. The molecule has 8 nitrogen and oxygen atoms in total. The number of benzene rings is 2. The molecule has 1 amide bonds. The van der Waals surface area contributed by atoms with Crippen molar-refractivity contribution >= 4 is 21.8 Å². The lowest BCUT2D eigenvalue weighted by molar-refractivity contribution is -0.121. The molecule has 0 spiro atoms. The van der Waals surface area contributed by atoms with Crippen LogP contribution in [0.2, 0.25) is 0 Å². The summed E-state index contributed by atoms with van der Waals surface area (Å²) < 4.78 is 37.2. The molecule has 0 saturated heterocycles. The highest BCUT2D eigenvalue weighted by Crippen LogP contribution is 2.30. The van der Waals surface area contributed by atoms with E-state index in [1.807, 2.05) is 25.1 Å². The summed E-state index contributed by atoms with van der Waals surface area (Å²) in [5, 5.41) is 3.00. The van der Waals surface area contributed by atoms with E-state index in [0.717, 1.165) is 24.8 Å². The van der Waals surface area contributed by atoms with E-state index in [-0.39, 0.29) is 16.8 Å². The quantitative estimate of drug-likeness (QED) is 0.531. The molecule has 1 aliphatic heterocycles. The van der Waals surface area contributed by atoms with Gasteiger partial charge in [-0.2, -0.15) is 0 Å². The van der Waals surface area contributed by atoms with Crippen LogP contribution in [0.5, 0.6) is 11.5 Å². The molecule has 1 heterocycles. The van der Waals surface area contributed by atoms with Gasteiger partial charge in [0.1, 0.15) is 5.84 Å². The number of carbonyl (C=O) groups is 1. The number of amides is 1. The van der Waals surface area contributed by atoms with Crippen LogP contribution >= 0.6 is 0 Å². The average Bonchev–Trinajstić information content (AvgIpc) is 3.05. The third-order valence-corrected chi connectivity index (χ3v) is 6.68. The molecule has 1 aliphatic rings. The normalized spacial score (nSPS) is 16.2. The van der Waals surface area contributed by atoms with Crippen LogP contribution in [-0.4, -0.2) is 40.9 Å². The van der Waals surface area contributed by atoms with Crippen molar-refractivity contribution < 1.29 is 22.7 Å². The average molecular weight is 460 g/mol. The van der Waals surface area contributed by atoms with Gasteiger partial charge in [-0.25, -0.2) is 8.42 Å². The van der Waals surface area contributed by atoms with Crippen LogP contribution in [0.3, 0.4) is 0 Å². The number of methoxy groups -OCH3 is 2. The number of ether oxygens (including phenoxy) is 2. The lowest BCUT2D eigenvalue weighted by atomic mass is 10.1. The van der Waals surface area contributed by atoms with E-state index in [9.17, 15) is 13.2 Å². The van der Waals surface area contributed by atoms with Gasteiger partial charge in [0.15, 0.2) is 11.5 Å². The molecule has 32 heavy (non-hydrogen) atoms. The number of amidine groups is 1. The van der Waals surface area contributed by atoms with Gasteiger partial charge in [0.2, 0.25) is 5.91 Å². The number of hydrogen-bond donors (Lipinski definition) is 2. The zero-order chi connectivity index (χ0) is 23.1. The van der Waals surface area contributed by atoms with Gasteiger partial charge < -0.3 is 14.8 Å². The highest BCUT2D eigenvalue weighted by Gasteiger charge is 2.29. The summed E-state index contributed by atoms with van der Waals surface area (Å²) in [7, 11) is -0.342. The molecule has 3 rings (SSSR count). The largest absolute Gasteiger partial charge is 0.493 e. The number of nitrogens with zero attached hydrogens (tertiary/aromatic N) is 1. The first kappa shape index (κ1) is 23.6. The Balaban J connectivity index is 1.41. The lowest BCUT2D eigenvalue weighted by Gasteiger charge is -2.16. The monoisotopic (exact) mass is 459 g/mol. The molecule has 0 fully saturated rings. The Morgan fingerprint density at radius 2 is 1.81 bits per heavy atom. The van der Waals surface area contributed by atoms with Crippen molar-refractivity contribution in [3.63, 3.8) is 0 Å². The molecule has 0 aromatic heterocycles. The van der Waals surface area contributed by atoms with Crippen LogP contribution in [0.4, 0.5) is 0 Å². The number of nitrogens with one attached hydrogen (secondary N) is 2. The van der Waals surface area contributed by atoms with Crippen LogP contribution in [0, 0.1) is 0 Å². The predicted molar refractivity (Wildman–Crippen MR) is 123 cm³/mol. The first-order chi connectivity index (χ1) is 15.4. The van der Waals surface area contributed by atoms with Crippen molar-refractivity contribution in [1.29, 1.82) is 0 Å². The molecule has 2 aromatic carbocycles. The minimum Gasteiger partial charge on any atom is -0.493 e. The maximum Gasteiger partial charge on any atom is 0.263 e. The second-order valence-corrected chi connectivity index (χ2v) is 9.20. The summed E-state index contributed by atoms with van der Waals surface area (Å²) >= 11 is 0. The second-order valence-electron chi connectivity index (χ2n) is 7.55. The highest BCUT2D eigenvalue weighted by atomic mass is 32.2. The van der Waals surface area contributed by atoms with Crippen molar-refractivity contribution in [2.45, 2.75) is 43.5 Å². The topological polar surface area (TPSA) is 106 Å². The lowest BCUT2D eigenvalue weighted by Crippen LogP contribution is -2.26. The van der Waals surface area contributed by atoms with Crippen molar-refractivity contribution in [1.82, 2.24) is 10.0 Å². The van der Waals surface area contributed by atoms with E-state index in [4.69, 9.17) is 9.47 Å². The van der Waals surface area contributed by atoms with E-state index in [0.29, 0.717) is 35.9 Å². The fourth-order valence-electron chi connectivity index (χ4n) is 3.54. The number of sulfonamides is 1. The van der Waals surface area contributed by atoms with E-state index >= 15 is 0 Å². The molecule has 1 unspecified atom stereocenters. The van der Waals surface area contributed by atoms with Crippen LogP contribution in [0.15, 0.2) is 52.4 Å². The third kappa shape index (κ3) is 5.59. The number of fused-ring (bicyclic) bond motifs is 1. The maximum atomic E-state index is 12.3. The molecule has 2 N–H and O–H groups in total. The smallest absolute Gasteiger partial charge is 0.263 e. The van der Waals surface area contributed by atoms with Crippen molar-refractivity contribution in [2.24, 2.45) is 4.99 Å². The van der Waals surface area contributed by atoms with Crippen LogP contribution in [0.25, 0.3) is 0 Å². The Morgan fingerprint density at radius 3 is 2.56 bits per heavy atom. The Kier molecular flexibility index (Phi) is 7.74. The van der Waals surface area contributed by atoms with Gasteiger partial charge in [-0.05, 0) is 49.6 Å². The standard InChI is InChI=1S/C23H29N3O5S/c1-16(17-12-13-19(30-2)20(15-17)31-3)25-22(27)11-5-4-8-14-24-23-18-9-6-7-10-21(18)32(28,29)26-23/h6-7,9-10,12-13,15-16H,4-5,8,11,14H2,1-3H3,(H,24,26)(H,25,27). The molecular formula is C23H29N3O5S. The molecule has 0 saturated carbocycles. The van der Waals surface area contributed by atoms with Gasteiger partial charge in [0, 0.05) is 18.5 Å². The number of carbonyl (C=O) groups excluding carboxylic acids is 1. The molecule has 9 heteroatoms. The minimum atomic E-state index is -3.50. The first-order valence-electron chi connectivity index (χ1n) is 10.5. The van der Waals surface area contributed by atoms with Gasteiger partial charge in [-0.1, -0.05) is 24.6 Å². The van der Waals surface area contributed by atoms with E-state index in [1.54, 1.807) is 38.5 Å². The fraction of sp³-hybridized carbons (Fsp3) is 0.391. The number of unbranched alkanes of at least 4 members (excludes halogenated alkanes) is 2. The number of hydrogen-bond acceptors (Lipinski definition) is 6. The fourth-order valence-corrected chi connectivity index (χ4v) is 4.79. The zero-order valence-electron chi connectivity index (χ0n) is 18.6. The van der Waals surface area contributed by atoms with Gasteiger partial charge in [0.05, 0.1) is 25.2 Å². The van der Waals surface area contributed by atoms with E-state index in [1.165, 1.54) is 0 Å². The zero-order valence-corrected chi connectivity index (χ0v) is 19.4. The van der Waals surface area contributed by atoms with Crippen LogP contribution < -0.4 is 19.5 Å². The molecule has 2 aromatic rings. The van der Waals surface area contributed by atoms with Gasteiger partial charge in [-0.3, -0.25) is 14.5 Å². The van der Waals surface area contributed by atoms with Crippen molar-refractivity contribution in [3.8, 4) is 11.5 Å². The van der Waals surface area contributed by atoms with Crippen molar-refractivity contribution in [2.75, 3.05) is 20.8 Å². The Bertz CT molecular complexity index is 1100. The summed E-state index contributed by atoms with van der Waals surface area (Å²) in [6.07, 6.45) is 2.75. The van der Waals surface area contributed by atoms with Gasteiger partial charge >= 0.3 is 0 Å². The van der Waals surface area contributed by atoms with Crippen molar-refractivity contribution in [3.05, 3.63) is 53.6 Å². The molecule has 0 bridgehead atoms. The summed E-state index contributed by atoms with van der Waals surface area (Å²) in [6.45, 7) is 2.42. The highest BCUT2D eigenvalue weighted by molar-refractivity contribution is 7.90. The SMILES string of the molecule is COc1ccc(C(C)NC(=O)CCCCCN=C2NS(=O)(=O)c3ccccc32)cc1OC. The number of rotatable bonds is 10. The maximum absolute atomic E-state index is 12.3. The molecular weight excluding hydrogens is 430 g/mol. The predicted octanol–water partition coefficient (Wildman–Crippen LogP) is 3.18. The Labute approximate surface area is 189 Å². The molecule has 1 atom stereocenters. The first-order valence-corrected chi connectivity index (χ1v) is 12.0. The van der Waals surface area contributed by atoms with Gasteiger partial charge in [0.25, 0.3) is 10.0 Å². The van der Waals surface area contributed by atoms with E-state index in [2.05, 4.69) is 15.0 Å². The summed E-state index contributed by atoms with van der Waals surface area (Å²) in [6, 6.07) is 12.2. The Morgan fingerprint density at radius 1 is 1.06 bits per heavy atom. The second kappa shape index (κ2) is 10.5. The minimum absolute atomic E-state index is 0.0175. The Hall–Kier alpha value is -3.07. The summed E-state index contributed by atoms with van der Waals surface area (Å²) in [5.41, 5.74) is 1.54. The summed E-state index contributed by atoms with van der Waals surface area (Å²) in [4.78, 5) is 16.9. The summed E-state index contributed by atoms with van der Waals surface area (Å²) in [5.74, 6) is 1.64. The molecule has 0 radical (unpaired) electrons. The molecule has 0 aliphatic carbocycles. The number of aliphatic imine (C=N–C) groups is 1.